The number of esters is 1. The Bertz CT molecular complexity index is 852. The van der Waals surface area contributed by atoms with Crippen LogP contribution < -0.4 is 11.0 Å². The minimum absolute atomic E-state index is 0.0497. The molecule has 0 radical (unpaired) electrons. The van der Waals surface area contributed by atoms with Crippen molar-refractivity contribution in [3.05, 3.63) is 46.6 Å². The number of nitrogens with zero attached hydrogens (tertiary/aromatic N) is 3. The van der Waals surface area contributed by atoms with Gasteiger partial charge in [0.25, 0.3) is 0 Å². The van der Waals surface area contributed by atoms with E-state index in [9.17, 15) is 14.4 Å². The summed E-state index contributed by atoms with van der Waals surface area (Å²) in [5, 5.41) is 7.20. The number of benzene rings is 1. The van der Waals surface area contributed by atoms with Crippen LogP contribution in [0.1, 0.15) is 44.3 Å². The van der Waals surface area contributed by atoms with Crippen LogP contribution in [0.5, 0.6) is 0 Å². The van der Waals surface area contributed by atoms with Gasteiger partial charge in [-0.2, -0.15) is 5.10 Å². The number of nitrogens with one attached hydrogen (secondary N) is 1. The van der Waals surface area contributed by atoms with Gasteiger partial charge in [-0.05, 0) is 31.9 Å². The van der Waals surface area contributed by atoms with Crippen LogP contribution in [0.2, 0.25) is 0 Å². The summed E-state index contributed by atoms with van der Waals surface area (Å²) in [7, 11) is 0. The number of rotatable bonds is 9. The Morgan fingerprint density at radius 2 is 1.96 bits per heavy atom. The number of hydrogen-bond acceptors (Lipinski definition) is 5. The van der Waals surface area contributed by atoms with E-state index in [0.29, 0.717) is 12.5 Å². The first-order valence-corrected chi connectivity index (χ1v) is 9.27. The molecule has 0 aliphatic heterocycles. The molecule has 1 heterocycles. The maximum absolute atomic E-state index is 12.8. The Morgan fingerprint density at radius 3 is 2.63 bits per heavy atom. The van der Waals surface area contributed by atoms with Crippen LogP contribution in [0.4, 0.5) is 0 Å². The number of carbonyl (C=O) groups is 2. The lowest BCUT2D eigenvalue weighted by atomic mass is 10.3. The summed E-state index contributed by atoms with van der Waals surface area (Å²) in [4.78, 5) is 35.9. The van der Waals surface area contributed by atoms with Gasteiger partial charge >= 0.3 is 11.7 Å². The number of carbonyl (C=O) groups excluding carboxylic acids is 2. The molecule has 1 aliphatic rings. The van der Waals surface area contributed by atoms with Crippen molar-refractivity contribution in [3.63, 3.8) is 0 Å². The van der Waals surface area contributed by atoms with Crippen LogP contribution in [-0.4, -0.2) is 39.4 Å². The lowest BCUT2D eigenvalue weighted by Gasteiger charge is -2.05. The minimum Gasteiger partial charge on any atom is -0.466 e. The molecule has 144 valence electrons. The van der Waals surface area contributed by atoms with E-state index in [1.165, 1.54) is 4.68 Å². The Morgan fingerprint density at radius 1 is 1.22 bits per heavy atom. The summed E-state index contributed by atoms with van der Waals surface area (Å²) in [6, 6.07) is 9.45. The van der Waals surface area contributed by atoms with E-state index in [2.05, 4.69) is 10.4 Å². The zero-order valence-electron chi connectivity index (χ0n) is 15.4. The largest absolute Gasteiger partial charge is 0.466 e. The van der Waals surface area contributed by atoms with Gasteiger partial charge in [0.05, 0.1) is 25.3 Å². The lowest BCUT2D eigenvalue weighted by Crippen LogP contribution is -2.32. The van der Waals surface area contributed by atoms with Crippen LogP contribution >= 0.6 is 0 Å². The highest BCUT2D eigenvalue weighted by Gasteiger charge is 2.31. The number of aromatic nitrogens is 3. The normalized spacial score (nSPS) is 13.4. The fourth-order valence-electron chi connectivity index (χ4n) is 2.83. The fraction of sp³-hybridized carbons (Fsp3) is 0.474. The van der Waals surface area contributed by atoms with Crippen molar-refractivity contribution in [2.45, 2.75) is 45.1 Å². The molecule has 0 unspecified atom stereocenters. The molecule has 0 atom stereocenters. The zero-order chi connectivity index (χ0) is 19.2. The molecule has 1 fully saturated rings. The second-order valence-electron chi connectivity index (χ2n) is 6.46. The van der Waals surface area contributed by atoms with Gasteiger partial charge in [-0.15, -0.1) is 0 Å². The molecule has 1 aromatic heterocycles. The summed E-state index contributed by atoms with van der Waals surface area (Å²) in [6.45, 7) is 2.58. The van der Waals surface area contributed by atoms with Crippen molar-refractivity contribution >= 4 is 11.9 Å². The molecule has 0 spiro atoms. The van der Waals surface area contributed by atoms with E-state index in [1.807, 2.05) is 30.3 Å². The summed E-state index contributed by atoms with van der Waals surface area (Å²) < 4.78 is 7.84. The van der Waals surface area contributed by atoms with Gasteiger partial charge in [0.15, 0.2) is 0 Å². The molecule has 8 heteroatoms. The molecule has 3 rings (SSSR count). The van der Waals surface area contributed by atoms with Gasteiger partial charge < -0.3 is 10.1 Å². The first-order chi connectivity index (χ1) is 13.1. The molecule has 27 heavy (non-hydrogen) atoms. The minimum atomic E-state index is -0.389. The molecule has 1 N–H and O–H groups in total. The van der Waals surface area contributed by atoms with Gasteiger partial charge in [-0.1, -0.05) is 18.2 Å². The first kappa shape index (κ1) is 18.9. The second-order valence-corrected chi connectivity index (χ2v) is 6.46. The molecule has 1 saturated carbocycles. The predicted octanol–water partition coefficient (Wildman–Crippen LogP) is 1.37. The van der Waals surface area contributed by atoms with Crippen molar-refractivity contribution < 1.29 is 14.3 Å². The molecule has 0 bridgehead atoms. The van der Waals surface area contributed by atoms with Crippen molar-refractivity contribution in [2.75, 3.05) is 13.2 Å². The Labute approximate surface area is 157 Å². The summed E-state index contributed by atoms with van der Waals surface area (Å²) in [6.07, 6.45) is 2.19. The summed E-state index contributed by atoms with van der Waals surface area (Å²) >= 11 is 0. The highest BCUT2D eigenvalue weighted by molar-refractivity contribution is 5.81. The topological polar surface area (TPSA) is 95.2 Å². The van der Waals surface area contributed by atoms with Crippen LogP contribution in [-0.2, 0) is 20.9 Å². The predicted molar refractivity (Wildman–Crippen MR) is 98.7 cm³/mol. The lowest BCUT2D eigenvalue weighted by molar-refractivity contribution is -0.144. The average Bonchev–Trinajstić information content (AvgIpc) is 3.46. The van der Waals surface area contributed by atoms with E-state index in [-0.39, 0.29) is 43.5 Å². The third kappa shape index (κ3) is 4.84. The quantitative estimate of drug-likeness (QED) is 0.671. The average molecular weight is 372 g/mol. The molecule has 1 amide bonds. The summed E-state index contributed by atoms with van der Waals surface area (Å²) in [5.41, 5.74) is 0.595. The molecular formula is C19H24N4O4. The third-order valence-electron chi connectivity index (χ3n) is 4.33. The number of amides is 1. The zero-order valence-corrected chi connectivity index (χ0v) is 15.4. The Hall–Kier alpha value is -2.90. The SMILES string of the molecule is CCOC(=O)CCC(=O)NCCn1nc(C2CC2)n(-c2ccccc2)c1=O. The molecule has 1 aromatic carbocycles. The first-order valence-electron chi connectivity index (χ1n) is 9.27. The van der Waals surface area contributed by atoms with Crippen LogP contribution in [0, 0.1) is 0 Å². The maximum Gasteiger partial charge on any atom is 0.350 e. The molecule has 0 saturated heterocycles. The molecular weight excluding hydrogens is 348 g/mol. The van der Waals surface area contributed by atoms with Crippen molar-refractivity contribution in [3.8, 4) is 5.69 Å². The number of ether oxygens (including phenoxy) is 1. The molecule has 8 nitrogen and oxygen atoms in total. The van der Waals surface area contributed by atoms with E-state index >= 15 is 0 Å². The standard InChI is InChI=1S/C19H24N4O4/c1-2-27-17(25)11-10-16(24)20-12-13-22-19(26)23(15-6-4-3-5-7-15)18(21-22)14-8-9-14/h3-7,14H,2,8-13H2,1H3,(H,20,24). The highest BCUT2D eigenvalue weighted by Crippen LogP contribution is 2.39. The van der Waals surface area contributed by atoms with Crippen molar-refractivity contribution in [2.24, 2.45) is 0 Å². The van der Waals surface area contributed by atoms with Gasteiger partial charge in [0.2, 0.25) is 5.91 Å². The number of para-hydroxylation sites is 1. The number of hydrogen-bond donors (Lipinski definition) is 1. The van der Waals surface area contributed by atoms with E-state index in [1.54, 1.807) is 11.5 Å². The Kier molecular flexibility index (Phi) is 6.05. The van der Waals surface area contributed by atoms with Gasteiger partial charge in [-0.25, -0.2) is 14.0 Å². The fourth-order valence-corrected chi connectivity index (χ4v) is 2.83. The van der Waals surface area contributed by atoms with E-state index in [0.717, 1.165) is 24.4 Å². The molecule has 2 aromatic rings. The second kappa shape index (κ2) is 8.66. The monoisotopic (exact) mass is 372 g/mol. The molecule has 1 aliphatic carbocycles. The summed E-state index contributed by atoms with van der Waals surface area (Å²) in [5.74, 6) is 0.457. The third-order valence-corrected chi connectivity index (χ3v) is 4.33. The highest BCUT2D eigenvalue weighted by atomic mass is 16.5. The van der Waals surface area contributed by atoms with Crippen molar-refractivity contribution in [1.29, 1.82) is 0 Å². The van der Waals surface area contributed by atoms with E-state index < -0.39 is 0 Å². The van der Waals surface area contributed by atoms with Crippen molar-refractivity contribution in [1.82, 2.24) is 19.7 Å². The van der Waals surface area contributed by atoms with Gasteiger partial charge in [0, 0.05) is 18.9 Å². The van der Waals surface area contributed by atoms with Crippen LogP contribution in [0.3, 0.4) is 0 Å². The maximum atomic E-state index is 12.8. The smallest absolute Gasteiger partial charge is 0.350 e. The van der Waals surface area contributed by atoms with Gasteiger partial charge in [-0.3, -0.25) is 9.59 Å². The van der Waals surface area contributed by atoms with Gasteiger partial charge in [0.1, 0.15) is 5.82 Å². The van der Waals surface area contributed by atoms with Crippen LogP contribution in [0.25, 0.3) is 5.69 Å². The van der Waals surface area contributed by atoms with Crippen LogP contribution in [0.15, 0.2) is 35.1 Å². The Balaban J connectivity index is 1.60. The van der Waals surface area contributed by atoms with E-state index in [4.69, 9.17) is 4.74 Å².